The fourth-order valence-electron chi connectivity index (χ4n) is 3.13. The molecule has 0 unspecified atom stereocenters. The number of hydrogen-bond donors (Lipinski definition) is 2. The number of rotatable bonds is 2. The van der Waals surface area contributed by atoms with Crippen LogP contribution in [0.1, 0.15) is 20.8 Å². The standard InChI is InChI=1S/C17H25BN4O4/c1-17(2,3)26-16(23)22-14-11-19-10-13(12(14)9-15(22)18(24)25)21-7-5-20(4)6-8-21/h9-11,24-25H,5-8H2,1-4H3. The smallest absolute Gasteiger partial charge is 0.443 e. The van der Waals surface area contributed by atoms with E-state index in [0.717, 1.165) is 37.3 Å². The van der Waals surface area contributed by atoms with Gasteiger partial charge in [0.05, 0.1) is 29.2 Å². The van der Waals surface area contributed by atoms with Gasteiger partial charge in [-0.15, -0.1) is 0 Å². The monoisotopic (exact) mass is 360 g/mol. The molecule has 9 heteroatoms. The molecule has 0 saturated carbocycles. The largest absolute Gasteiger partial charge is 0.506 e. The van der Waals surface area contributed by atoms with Gasteiger partial charge in [-0.05, 0) is 33.9 Å². The normalized spacial score (nSPS) is 16.2. The third-order valence-corrected chi connectivity index (χ3v) is 4.42. The van der Waals surface area contributed by atoms with E-state index in [9.17, 15) is 14.8 Å². The van der Waals surface area contributed by atoms with Crippen LogP contribution in [0, 0.1) is 0 Å². The van der Waals surface area contributed by atoms with Crippen molar-refractivity contribution in [3.8, 4) is 0 Å². The maximum Gasteiger partial charge on any atom is 0.506 e. The van der Waals surface area contributed by atoms with Crippen LogP contribution in [0.5, 0.6) is 0 Å². The Morgan fingerprint density at radius 2 is 1.85 bits per heavy atom. The van der Waals surface area contributed by atoms with Gasteiger partial charge in [0.15, 0.2) is 0 Å². The number of ether oxygens (including phenoxy) is 1. The molecule has 3 heterocycles. The van der Waals surface area contributed by atoms with Gasteiger partial charge in [0, 0.05) is 31.6 Å². The van der Waals surface area contributed by atoms with Gasteiger partial charge < -0.3 is 24.6 Å². The first-order chi connectivity index (χ1) is 12.2. The Bertz CT molecular complexity index is 807. The lowest BCUT2D eigenvalue weighted by Gasteiger charge is -2.34. The highest BCUT2D eigenvalue weighted by atomic mass is 16.6. The van der Waals surface area contributed by atoms with Crippen molar-refractivity contribution in [2.45, 2.75) is 26.4 Å². The van der Waals surface area contributed by atoms with Crippen LogP contribution in [0.15, 0.2) is 18.5 Å². The van der Waals surface area contributed by atoms with Crippen molar-refractivity contribution < 1.29 is 19.6 Å². The minimum Gasteiger partial charge on any atom is -0.443 e. The second-order valence-corrected chi connectivity index (χ2v) is 7.64. The lowest BCUT2D eigenvalue weighted by molar-refractivity contribution is 0.0547. The summed E-state index contributed by atoms with van der Waals surface area (Å²) >= 11 is 0. The molecule has 1 saturated heterocycles. The first-order valence-electron chi connectivity index (χ1n) is 8.70. The first kappa shape index (κ1) is 18.7. The minimum absolute atomic E-state index is 0.0672. The summed E-state index contributed by atoms with van der Waals surface area (Å²) in [6.45, 7) is 8.83. The molecule has 2 aromatic heterocycles. The van der Waals surface area contributed by atoms with Crippen molar-refractivity contribution in [3.05, 3.63) is 18.5 Å². The highest BCUT2D eigenvalue weighted by Gasteiger charge is 2.29. The molecule has 0 radical (unpaired) electrons. The number of carbonyl (C=O) groups excluding carboxylic acids is 1. The topological polar surface area (TPSA) is 91.1 Å². The van der Waals surface area contributed by atoms with E-state index >= 15 is 0 Å². The molecule has 2 aromatic rings. The number of hydrogen-bond acceptors (Lipinski definition) is 7. The third-order valence-electron chi connectivity index (χ3n) is 4.42. The maximum atomic E-state index is 12.7. The molecule has 0 aliphatic carbocycles. The van der Waals surface area contributed by atoms with E-state index in [2.05, 4.69) is 21.8 Å². The van der Waals surface area contributed by atoms with Crippen LogP contribution in [0.2, 0.25) is 0 Å². The molecule has 1 aliphatic rings. The highest BCUT2D eigenvalue weighted by Crippen LogP contribution is 2.27. The van der Waals surface area contributed by atoms with Crippen molar-refractivity contribution in [1.29, 1.82) is 0 Å². The molecule has 3 rings (SSSR count). The summed E-state index contributed by atoms with van der Waals surface area (Å²) in [5.41, 5.74) is 0.740. The van der Waals surface area contributed by atoms with Gasteiger partial charge in [0.1, 0.15) is 5.60 Å². The van der Waals surface area contributed by atoms with E-state index in [4.69, 9.17) is 4.74 Å². The van der Waals surface area contributed by atoms with E-state index in [1.54, 1.807) is 39.2 Å². The molecule has 0 amide bonds. The lowest BCUT2D eigenvalue weighted by Crippen LogP contribution is -2.44. The number of piperazine rings is 1. The van der Waals surface area contributed by atoms with Crippen LogP contribution >= 0.6 is 0 Å². The Morgan fingerprint density at radius 1 is 1.19 bits per heavy atom. The lowest BCUT2D eigenvalue weighted by atomic mass is 9.86. The maximum absolute atomic E-state index is 12.7. The summed E-state index contributed by atoms with van der Waals surface area (Å²) in [6, 6.07) is 1.62. The Balaban J connectivity index is 2.09. The van der Waals surface area contributed by atoms with E-state index in [1.165, 1.54) is 4.57 Å². The summed E-state index contributed by atoms with van der Waals surface area (Å²) in [5.74, 6) is 0. The van der Waals surface area contributed by atoms with E-state index in [-0.39, 0.29) is 5.59 Å². The summed E-state index contributed by atoms with van der Waals surface area (Å²) in [7, 11) is 0.283. The molecule has 0 bridgehead atoms. The van der Waals surface area contributed by atoms with Crippen LogP contribution in [0.25, 0.3) is 10.9 Å². The number of fused-ring (bicyclic) bond motifs is 1. The van der Waals surface area contributed by atoms with Gasteiger partial charge in [-0.1, -0.05) is 0 Å². The molecule has 0 atom stereocenters. The number of aromatic nitrogens is 2. The zero-order valence-corrected chi connectivity index (χ0v) is 15.6. The Kier molecular flexibility index (Phi) is 4.96. The molecule has 1 fully saturated rings. The molecule has 26 heavy (non-hydrogen) atoms. The molecule has 1 aliphatic heterocycles. The number of likely N-dealkylation sites (N-methyl/N-ethyl adjacent to an activating group) is 1. The summed E-state index contributed by atoms with van der Waals surface area (Å²) in [6.07, 6.45) is 2.64. The van der Waals surface area contributed by atoms with Crippen molar-refractivity contribution in [2.24, 2.45) is 0 Å². The quantitative estimate of drug-likeness (QED) is 0.742. The summed E-state index contributed by atoms with van der Waals surface area (Å²) in [5, 5.41) is 20.3. The predicted octanol–water partition coefficient (Wildman–Crippen LogP) is 0.251. The Hall–Kier alpha value is -2.10. The average molecular weight is 360 g/mol. The SMILES string of the molecule is CN1CCN(c2cncc3c2cc(B(O)O)n3C(=O)OC(C)(C)C)CC1. The molecular formula is C17H25BN4O4. The summed E-state index contributed by atoms with van der Waals surface area (Å²) < 4.78 is 6.63. The van der Waals surface area contributed by atoms with Gasteiger partial charge in [0.25, 0.3) is 0 Å². The summed E-state index contributed by atoms with van der Waals surface area (Å²) in [4.78, 5) is 21.4. The van der Waals surface area contributed by atoms with E-state index in [0.29, 0.717) is 5.52 Å². The molecular weight excluding hydrogens is 335 g/mol. The fraction of sp³-hybridized carbons (Fsp3) is 0.529. The van der Waals surface area contributed by atoms with Crippen LogP contribution in [-0.4, -0.2) is 76.5 Å². The van der Waals surface area contributed by atoms with Gasteiger partial charge in [-0.3, -0.25) is 9.55 Å². The van der Waals surface area contributed by atoms with Crippen LogP contribution in [0.3, 0.4) is 0 Å². The van der Waals surface area contributed by atoms with Crippen LogP contribution < -0.4 is 10.5 Å². The van der Waals surface area contributed by atoms with Gasteiger partial charge in [0.2, 0.25) is 0 Å². The zero-order chi connectivity index (χ0) is 19.1. The Labute approximate surface area is 153 Å². The van der Waals surface area contributed by atoms with Crippen molar-refractivity contribution in [3.63, 3.8) is 0 Å². The number of nitrogens with zero attached hydrogens (tertiary/aromatic N) is 4. The van der Waals surface area contributed by atoms with Gasteiger partial charge in [-0.2, -0.15) is 0 Å². The van der Waals surface area contributed by atoms with Gasteiger partial charge >= 0.3 is 13.2 Å². The molecule has 8 nitrogen and oxygen atoms in total. The van der Waals surface area contributed by atoms with Crippen LogP contribution in [0.4, 0.5) is 10.5 Å². The Morgan fingerprint density at radius 3 is 2.42 bits per heavy atom. The molecule has 140 valence electrons. The van der Waals surface area contributed by atoms with E-state index in [1.807, 2.05) is 0 Å². The highest BCUT2D eigenvalue weighted by molar-refractivity contribution is 6.59. The van der Waals surface area contributed by atoms with Crippen molar-refractivity contribution in [2.75, 3.05) is 38.1 Å². The second kappa shape index (κ2) is 6.90. The average Bonchev–Trinajstić information content (AvgIpc) is 2.94. The molecule has 0 spiro atoms. The molecule has 0 aromatic carbocycles. The third kappa shape index (κ3) is 3.69. The van der Waals surface area contributed by atoms with Crippen LogP contribution in [-0.2, 0) is 4.74 Å². The van der Waals surface area contributed by atoms with E-state index < -0.39 is 18.8 Å². The number of pyridine rings is 1. The van der Waals surface area contributed by atoms with Crippen molar-refractivity contribution >= 4 is 35.4 Å². The van der Waals surface area contributed by atoms with Crippen molar-refractivity contribution in [1.82, 2.24) is 14.5 Å². The van der Waals surface area contributed by atoms with Gasteiger partial charge in [-0.25, -0.2) is 4.79 Å². The minimum atomic E-state index is -1.80. The second-order valence-electron chi connectivity index (χ2n) is 7.64. The first-order valence-corrected chi connectivity index (χ1v) is 8.70. The predicted molar refractivity (Wildman–Crippen MR) is 101 cm³/mol. The molecule has 2 N–H and O–H groups in total. The zero-order valence-electron chi connectivity index (χ0n) is 15.6. The fourth-order valence-corrected chi connectivity index (χ4v) is 3.13. The number of carbonyl (C=O) groups is 1. The number of anilines is 1.